The summed E-state index contributed by atoms with van der Waals surface area (Å²) < 4.78 is 5.93. The molecule has 128 valence electrons. The molecule has 4 rings (SSSR count). The number of hydrogen-bond donors (Lipinski definition) is 0. The molecule has 0 N–H and O–H groups in total. The molecule has 3 saturated carbocycles. The van der Waals surface area contributed by atoms with Crippen LogP contribution in [0.15, 0.2) is 11.6 Å². The lowest BCUT2D eigenvalue weighted by atomic mass is 9.48. The van der Waals surface area contributed by atoms with Gasteiger partial charge in [0.25, 0.3) is 0 Å². The van der Waals surface area contributed by atoms with E-state index in [0.29, 0.717) is 23.2 Å². The van der Waals surface area contributed by atoms with Gasteiger partial charge in [-0.15, -0.1) is 0 Å². The van der Waals surface area contributed by atoms with Gasteiger partial charge in [-0.3, -0.25) is 4.79 Å². The monoisotopic (exact) mass is 316 g/mol. The van der Waals surface area contributed by atoms with Crippen molar-refractivity contribution in [3.8, 4) is 0 Å². The fourth-order valence-corrected chi connectivity index (χ4v) is 6.78. The Morgan fingerprint density at radius 3 is 2.65 bits per heavy atom. The van der Waals surface area contributed by atoms with Crippen molar-refractivity contribution in [3.05, 3.63) is 11.6 Å². The van der Waals surface area contributed by atoms with Crippen molar-refractivity contribution in [2.24, 2.45) is 28.6 Å². The second-order valence-electron chi connectivity index (χ2n) is 9.00. The zero-order chi connectivity index (χ0) is 16.2. The highest BCUT2D eigenvalue weighted by molar-refractivity contribution is 5.87. The Morgan fingerprint density at radius 2 is 1.87 bits per heavy atom. The number of allylic oxidation sites excluding steroid dienone is 1. The summed E-state index contributed by atoms with van der Waals surface area (Å²) in [7, 11) is 0. The van der Waals surface area contributed by atoms with Crippen LogP contribution in [-0.2, 0) is 9.53 Å². The molecule has 6 atom stereocenters. The van der Waals surface area contributed by atoms with Crippen LogP contribution in [-0.4, -0.2) is 18.5 Å². The van der Waals surface area contributed by atoms with E-state index in [1.54, 1.807) is 5.57 Å². The second-order valence-corrected chi connectivity index (χ2v) is 9.00. The molecule has 0 aromatic heterocycles. The van der Waals surface area contributed by atoms with Crippen molar-refractivity contribution in [2.75, 3.05) is 6.61 Å². The summed E-state index contributed by atoms with van der Waals surface area (Å²) in [6, 6.07) is 0. The number of carbonyl (C=O) groups excluding carboxylic acids is 1. The van der Waals surface area contributed by atoms with Crippen LogP contribution < -0.4 is 0 Å². The minimum absolute atomic E-state index is 0.00535. The van der Waals surface area contributed by atoms with Gasteiger partial charge in [0.2, 0.25) is 0 Å². The first-order chi connectivity index (χ1) is 11.0. The lowest BCUT2D eigenvalue weighted by Gasteiger charge is -2.57. The van der Waals surface area contributed by atoms with Crippen LogP contribution in [0.5, 0.6) is 0 Å². The Kier molecular flexibility index (Phi) is 3.75. The lowest BCUT2D eigenvalue weighted by molar-refractivity contribution is -0.132. The number of Topliss-reactive ketones (excluding diaryl/α,β-unsaturated/α-hetero) is 1. The van der Waals surface area contributed by atoms with Gasteiger partial charge in [0.15, 0.2) is 0 Å². The molecule has 4 aliphatic carbocycles. The molecule has 0 aliphatic heterocycles. The molecule has 3 fully saturated rings. The Labute approximate surface area is 141 Å². The third-order valence-electron chi connectivity index (χ3n) is 8.17. The number of carbonyl (C=O) groups is 1. The molecule has 0 amide bonds. The van der Waals surface area contributed by atoms with Crippen LogP contribution in [0.3, 0.4) is 0 Å². The molecule has 1 unspecified atom stereocenters. The van der Waals surface area contributed by atoms with Crippen LogP contribution in [0.4, 0.5) is 0 Å². The minimum Gasteiger partial charge on any atom is -0.378 e. The van der Waals surface area contributed by atoms with Gasteiger partial charge in [-0.25, -0.2) is 0 Å². The summed E-state index contributed by atoms with van der Waals surface area (Å²) in [6.45, 7) is 7.75. The molecule has 0 bridgehead atoms. The van der Waals surface area contributed by atoms with Crippen LogP contribution in [0.1, 0.15) is 72.1 Å². The van der Waals surface area contributed by atoms with E-state index in [0.717, 1.165) is 44.1 Å². The predicted molar refractivity (Wildman–Crippen MR) is 92.1 cm³/mol. The first-order valence-corrected chi connectivity index (χ1v) is 9.83. The van der Waals surface area contributed by atoms with Crippen molar-refractivity contribution < 1.29 is 9.53 Å². The highest BCUT2D eigenvalue weighted by Crippen LogP contribution is 2.64. The van der Waals surface area contributed by atoms with E-state index < -0.39 is 0 Å². The maximum absolute atomic E-state index is 12.5. The van der Waals surface area contributed by atoms with Crippen molar-refractivity contribution in [3.63, 3.8) is 0 Å². The van der Waals surface area contributed by atoms with Crippen LogP contribution >= 0.6 is 0 Å². The average molecular weight is 316 g/mol. The number of rotatable bonds is 2. The Balaban J connectivity index is 1.61. The Bertz CT molecular complexity index is 536. The number of fused-ring (bicyclic) bond motifs is 5. The van der Waals surface area contributed by atoms with E-state index in [1.807, 2.05) is 0 Å². The molecule has 0 spiro atoms. The molecule has 2 heteroatoms. The van der Waals surface area contributed by atoms with E-state index in [9.17, 15) is 4.79 Å². The standard InChI is InChI=1S/C21H32O2/c1-4-23-15-9-11-20(2)14(13-15)5-6-16-17-7-8-19(22)21(17,3)12-10-18(16)20/h5,15-18H,4,6-13H2,1-3H3/t15?,16-,17-,18+,20-,21-/m0/s1. The zero-order valence-corrected chi connectivity index (χ0v) is 15.1. The van der Waals surface area contributed by atoms with E-state index in [-0.39, 0.29) is 5.41 Å². The highest BCUT2D eigenvalue weighted by Gasteiger charge is 2.58. The summed E-state index contributed by atoms with van der Waals surface area (Å²) in [5, 5.41) is 0. The molecule has 0 aromatic rings. The smallest absolute Gasteiger partial charge is 0.139 e. The molecule has 23 heavy (non-hydrogen) atoms. The topological polar surface area (TPSA) is 26.3 Å². The van der Waals surface area contributed by atoms with E-state index in [2.05, 4.69) is 26.8 Å². The normalized spacial score (nSPS) is 49.2. The molecule has 2 nitrogen and oxygen atoms in total. The van der Waals surface area contributed by atoms with Crippen molar-refractivity contribution >= 4 is 5.78 Å². The van der Waals surface area contributed by atoms with Crippen molar-refractivity contribution in [1.29, 1.82) is 0 Å². The summed E-state index contributed by atoms with van der Waals surface area (Å²) in [5.74, 6) is 2.75. The van der Waals surface area contributed by atoms with Gasteiger partial charge < -0.3 is 4.74 Å². The van der Waals surface area contributed by atoms with Gasteiger partial charge in [-0.2, -0.15) is 0 Å². The quantitative estimate of drug-likeness (QED) is 0.676. The van der Waals surface area contributed by atoms with Gasteiger partial charge in [0.05, 0.1) is 6.10 Å². The minimum atomic E-state index is 0.00535. The number of ketones is 1. The fourth-order valence-electron chi connectivity index (χ4n) is 6.78. The fraction of sp³-hybridized carbons (Fsp3) is 0.857. The summed E-state index contributed by atoms with van der Waals surface area (Å²) in [5.41, 5.74) is 2.06. The van der Waals surface area contributed by atoms with Crippen LogP contribution in [0.25, 0.3) is 0 Å². The maximum Gasteiger partial charge on any atom is 0.139 e. The average Bonchev–Trinajstić information content (AvgIpc) is 2.84. The first kappa shape index (κ1) is 15.9. The van der Waals surface area contributed by atoms with Crippen LogP contribution in [0.2, 0.25) is 0 Å². The Morgan fingerprint density at radius 1 is 1.13 bits per heavy atom. The van der Waals surface area contributed by atoms with Crippen molar-refractivity contribution in [2.45, 2.75) is 78.2 Å². The van der Waals surface area contributed by atoms with E-state index in [4.69, 9.17) is 4.74 Å². The third kappa shape index (κ3) is 2.20. The Hall–Kier alpha value is -0.630. The molecule has 0 aromatic carbocycles. The molecular formula is C21H32O2. The third-order valence-corrected chi connectivity index (χ3v) is 8.17. The van der Waals surface area contributed by atoms with Gasteiger partial charge in [-0.1, -0.05) is 25.5 Å². The molecule has 0 saturated heterocycles. The second kappa shape index (κ2) is 5.44. The van der Waals surface area contributed by atoms with E-state index in [1.165, 1.54) is 25.7 Å². The van der Waals surface area contributed by atoms with Gasteiger partial charge in [0, 0.05) is 18.4 Å². The molecule has 0 radical (unpaired) electrons. The number of hydrogen-bond acceptors (Lipinski definition) is 2. The maximum atomic E-state index is 12.5. The zero-order valence-electron chi connectivity index (χ0n) is 15.1. The first-order valence-electron chi connectivity index (χ1n) is 9.83. The summed E-state index contributed by atoms with van der Waals surface area (Å²) >= 11 is 0. The van der Waals surface area contributed by atoms with Crippen molar-refractivity contribution in [1.82, 2.24) is 0 Å². The van der Waals surface area contributed by atoms with Gasteiger partial charge in [0.1, 0.15) is 5.78 Å². The summed E-state index contributed by atoms with van der Waals surface area (Å²) in [6.07, 6.45) is 12.2. The summed E-state index contributed by atoms with van der Waals surface area (Å²) in [4.78, 5) is 12.5. The van der Waals surface area contributed by atoms with Gasteiger partial charge >= 0.3 is 0 Å². The molecule has 4 aliphatic rings. The van der Waals surface area contributed by atoms with E-state index >= 15 is 0 Å². The predicted octanol–water partition coefficient (Wildman–Crippen LogP) is 4.92. The highest BCUT2D eigenvalue weighted by atomic mass is 16.5. The number of ether oxygens (including phenoxy) is 1. The SMILES string of the molecule is CCOC1CC[C@@]2(C)C(=CC[C@@H]3[C@H]2CC[C@]2(C)C(=O)CC[C@@H]32)C1. The largest absolute Gasteiger partial charge is 0.378 e. The van der Waals surface area contributed by atoms with Crippen LogP contribution in [0, 0.1) is 28.6 Å². The lowest BCUT2D eigenvalue weighted by Crippen LogP contribution is -2.50. The van der Waals surface area contributed by atoms with Gasteiger partial charge in [-0.05, 0) is 75.0 Å². The molecular weight excluding hydrogens is 284 g/mol. The molecule has 0 heterocycles.